The van der Waals surface area contributed by atoms with Gasteiger partial charge >= 0.3 is 5.97 Å². The molecule has 1 aliphatic rings. The fraction of sp³-hybridized carbons (Fsp3) is 0.533. The van der Waals surface area contributed by atoms with Crippen molar-refractivity contribution in [1.29, 1.82) is 0 Å². The number of benzene rings is 1. The highest BCUT2D eigenvalue weighted by molar-refractivity contribution is 7.99. The standard InChI is InChI=1S/C15H21NO2S/c1-2-19-14-8-4-7-13(14)16-10-11-5-3-6-12(9-11)15(17)18/h3,5-6,9,13-14,16H,2,4,7-8,10H2,1H3,(H,17,18). The molecule has 0 aromatic heterocycles. The molecular formula is C15H21NO2S. The number of aromatic carboxylic acids is 1. The molecule has 2 unspecified atom stereocenters. The van der Waals surface area contributed by atoms with E-state index in [-0.39, 0.29) is 0 Å². The maximum Gasteiger partial charge on any atom is 0.335 e. The molecular weight excluding hydrogens is 258 g/mol. The van der Waals surface area contributed by atoms with Crippen LogP contribution in [0.5, 0.6) is 0 Å². The highest BCUT2D eigenvalue weighted by Gasteiger charge is 2.26. The van der Waals surface area contributed by atoms with E-state index in [2.05, 4.69) is 12.2 Å². The SMILES string of the molecule is CCSC1CCCC1NCc1cccc(C(=O)O)c1. The molecule has 1 fully saturated rings. The molecule has 2 N–H and O–H groups in total. The summed E-state index contributed by atoms with van der Waals surface area (Å²) in [4.78, 5) is 10.9. The first-order valence-corrected chi connectivity index (χ1v) is 7.92. The molecule has 1 aliphatic carbocycles. The molecule has 0 spiro atoms. The Balaban J connectivity index is 1.91. The minimum absolute atomic E-state index is 0.366. The van der Waals surface area contributed by atoms with Gasteiger partial charge in [-0.2, -0.15) is 11.8 Å². The van der Waals surface area contributed by atoms with Gasteiger partial charge in [0.2, 0.25) is 0 Å². The van der Waals surface area contributed by atoms with Crippen LogP contribution in [0.1, 0.15) is 42.1 Å². The van der Waals surface area contributed by atoms with Crippen LogP contribution in [0.25, 0.3) is 0 Å². The zero-order chi connectivity index (χ0) is 13.7. The highest BCUT2D eigenvalue weighted by atomic mass is 32.2. The largest absolute Gasteiger partial charge is 0.478 e. The van der Waals surface area contributed by atoms with Crippen molar-refractivity contribution in [2.45, 2.75) is 44.0 Å². The Morgan fingerprint density at radius 2 is 2.32 bits per heavy atom. The number of hydrogen-bond donors (Lipinski definition) is 2. The molecule has 0 bridgehead atoms. The summed E-state index contributed by atoms with van der Waals surface area (Å²) < 4.78 is 0. The zero-order valence-corrected chi connectivity index (χ0v) is 12.1. The molecule has 3 nitrogen and oxygen atoms in total. The van der Waals surface area contributed by atoms with Crippen molar-refractivity contribution < 1.29 is 9.90 Å². The van der Waals surface area contributed by atoms with Gasteiger partial charge in [-0.3, -0.25) is 0 Å². The molecule has 2 atom stereocenters. The number of carboxylic acids is 1. The van der Waals surface area contributed by atoms with E-state index in [0.717, 1.165) is 17.9 Å². The fourth-order valence-corrected chi connectivity index (χ4v) is 3.86. The Bertz CT molecular complexity index is 436. The summed E-state index contributed by atoms with van der Waals surface area (Å²) in [5.41, 5.74) is 1.41. The molecule has 0 heterocycles. The molecule has 4 heteroatoms. The van der Waals surface area contributed by atoms with Gasteiger partial charge in [0.25, 0.3) is 0 Å². The Morgan fingerprint density at radius 3 is 3.05 bits per heavy atom. The molecule has 0 saturated heterocycles. The monoisotopic (exact) mass is 279 g/mol. The fourth-order valence-electron chi connectivity index (χ4n) is 2.64. The van der Waals surface area contributed by atoms with Crippen LogP contribution >= 0.6 is 11.8 Å². The zero-order valence-electron chi connectivity index (χ0n) is 11.3. The Labute approximate surface area is 118 Å². The van der Waals surface area contributed by atoms with E-state index in [4.69, 9.17) is 5.11 Å². The molecule has 0 radical (unpaired) electrons. The van der Waals surface area contributed by atoms with E-state index >= 15 is 0 Å². The van der Waals surface area contributed by atoms with Crippen LogP contribution in [0.15, 0.2) is 24.3 Å². The van der Waals surface area contributed by atoms with Crippen LogP contribution in [-0.2, 0) is 6.54 Å². The predicted molar refractivity (Wildman–Crippen MR) is 79.8 cm³/mol. The number of carboxylic acid groups (broad SMARTS) is 1. The first kappa shape index (κ1) is 14.4. The smallest absolute Gasteiger partial charge is 0.335 e. The van der Waals surface area contributed by atoms with Crippen molar-refractivity contribution in [1.82, 2.24) is 5.32 Å². The van der Waals surface area contributed by atoms with Gasteiger partial charge in [0.05, 0.1) is 5.56 Å². The van der Waals surface area contributed by atoms with Gasteiger partial charge in [-0.1, -0.05) is 25.5 Å². The Kier molecular flexibility index (Phi) is 5.28. The predicted octanol–water partition coefficient (Wildman–Crippen LogP) is 3.15. The van der Waals surface area contributed by atoms with Crippen LogP contribution in [0, 0.1) is 0 Å². The second kappa shape index (κ2) is 6.96. The third-order valence-electron chi connectivity index (χ3n) is 3.58. The first-order chi connectivity index (χ1) is 9.20. The normalized spacial score (nSPS) is 22.6. The number of rotatable bonds is 6. The Morgan fingerprint density at radius 1 is 1.47 bits per heavy atom. The topological polar surface area (TPSA) is 49.3 Å². The number of nitrogens with one attached hydrogen (secondary N) is 1. The number of thioether (sulfide) groups is 1. The van der Waals surface area contributed by atoms with Gasteiger partial charge in [0.1, 0.15) is 0 Å². The quantitative estimate of drug-likeness (QED) is 0.840. The van der Waals surface area contributed by atoms with Crippen LogP contribution in [0.4, 0.5) is 0 Å². The summed E-state index contributed by atoms with van der Waals surface area (Å²) in [5, 5.41) is 13.3. The maximum absolute atomic E-state index is 10.9. The van der Waals surface area contributed by atoms with Crippen molar-refractivity contribution >= 4 is 17.7 Å². The summed E-state index contributed by atoms with van der Waals surface area (Å²) in [6.45, 7) is 2.96. The van der Waals surface area contributed by atoms with Gasteiger partial charge < -0.3 is 10.4 Å². The van der Waals surface area contributed by atoms with Gasteiger partial charge in [-0.05, 0) is 36.3 Å². The molecule has 1 aromatic carbocycles. The summed E-state index contributed by atoms with van der Waals surface area (Å²) in [5.74, 6) is 0.305. The van der Waals surface area contributed by atoms with E-state index in [1.165, 1.54) is 19.3 Å². The molecule has 19 heavy (non-hydrogen) atoms. The van der Waals surface area contributed by atoms with Crippen LogP contribution in [-0.4, -0.2) is 28.1 Å². The number of hydrogen-bond acceptors (Lipinski definition) is 3. The van der Waals surface area contributed by atoms with Crippen molar-refractivity contribution in [3.8, 4) is 0 Å². The molecule has 104 valence electrons. The van der Waals surface area contributed by atoms with Crippen LogP contribution in [0.2, 0.25) is 0 Å². The molecule has 1 aromatic rings. The third-order valence-corrected chi connectivity index (χ3v) is 4.90. The lowest BCUT2D eigenvalue weighted by molar-refractivity contribution is 0.0696. The van der Waals surface area contributed by atoms with Crippen LogP contribution in [0.3, 0.4) is 0 Å². The van der Waals surface area contributed by atoms with E-state index < -0.39 is 5.97 Å². The second-order valence-electron chi connectivity index (χ2n) is 4.92. The van der Waals surface area contributed by atoms with Gasteiger partial charge in [-0.15, -0.1) is 0 Å². The van der Waals surface area contributed by atoms with Crippen molar-refractivity contribution in [2.75, 3.05) is 5.75 Å². The van der Waals surface area contributed by atoms with Crippen molar-refractivity contribution in [3.63, 3.8) is 0 Å². The van der Waals surface area contributed by atoms with E-state index in [1.54, 1.807) is 12.1 Å². The van der Waals surface area contributed by atoms with Gasteiger partial charge in [-0.25, -0.2) is 4.79 Å². The molecule has 1 saturated carbocycles. The van der Waals surface area contributed by atoms with Gasteiger partial charge in [0, 0.05) is 17.8 Å². The summed E-state index contributed by atoms with van der Waals surface area (Å²) >= 11 is 2.03. The lowest BCUT2D eigenvalue weighted by Crippen LogP contribution is -2.33. The van der Waals surface area contributed by atoms with Crippen molar-refractivity contribution in [2.24, 2.45) is 0 Å². The van der Waals surface area contributed by atoms with Crippen molar-refractivity contribution in [3.05, 3.63) is 35.4 Å². The Hall–Kier alpha value is -1.00. The minimum atomic E-state index is -0.859. The van der Waals surface area contributed by atoms with Crippen LogP contribution < -0.4 is 5.32 Å². The van der Waals surface area contributed by atoms with E-state index in [0.29, 0.717) is 16.9 Å². The maximum atomic E-state index is 10.9. The molecule has 0 amide bonds. The summed E-state index contributed by atoms with van der Waals surface area (Å²) in [6.07, 6.45) is 3.83. The number of carbonyl (C=O) groups is 1. The third kappa shape index (κ3) is 3.98. The molecule has 2 rings (SSSR count). The average molecular weight is 279 g/mol. The summed E-state index contributed by atoms with van der Waals surface area (Å²) in [6, 6.07) is 7.76. The summed E-state index contributed by atoms with van der Waals surface area (Å²) in [7, 11) is 0. The average Bonchev–Trinajstić information content (AvgIpc) is 2.85. The lowest BCUT2D eigenvalue weighted by atomic mass is 10.1. The first-order valence-electron chi connectivity index (χ1n) is 6.88. The van der Waals surface area contributed by atoms with E-state index in [9.17, 15) is 4.79 Å². The minimum Gasteiger partial charge on any atom is -0.478 e. The van der Waals surface area contributed by atoms with Gasteiger partial charge in [0.15, 0.2) is 0 Å². The molecule has 0 aliphatic heterocycles. The second-order valence-corrected chi connectivity index (χ2v) is 6.43. The van der Waals surface area contributed by atoms with E-state index in [1.807, 2.05) is 23.9 Å². The lowest BCUT2D eigenvalue weighted by Gasteiger charge is -2.20. The highest BCUT2D eigenvalue weighted by Crippen LogP contribution is 2.30.